The fourth-order valence-electron chi connectivity index (χ4n) is 2.60. The molecule has 2 fully saturated rings. The molecule has 0 radical (unpaired) electrons. The highest BCUT2D eigenvalue weighted by atomic mass is 16.6. The van der Waals surface area contributed by atoms with Crippen molar-refractivity contribution in [1.29, 1.82) is 0 Å². The minimum Gasteiger partial charge on any atom is -0.446 e. The van der Waals surface area contributed by atoms with E-state index in [4.69, 9.17) is 4.74 Å². The molecule has 0 atom stereocenters. The molecular formula is C14H21N5O2. The average molecular weight is 291 g/mol. The number of nitrogens with zero attached hydrogens (tertiary/aromatic N) is 4. The summed E-state index contributed by atoms with van der Waals surface area (Å²) < 4.78 is 5.54. The molecule has 1 aromatic rings. The van der Waals surface area contributed by atoms with E-state index in [1.54, 1.807) is 23.4 Å². The summed E-state index contributed by atoms with van der Waals surface area (Å²) in [6.07, 6.45) is 5.11. The fourth-order valence-corrected chi connectivity index (χ4v) is 2.60. The van der Waals surface area contributed by atoms with E-state index in [-0.39, 0.29) is 18.2 Å². The Morgan fingerprint density at radius 3 is 2.62 bits per heavy atom. The van der Waals surface area contributed by atoms with Gasteiger partial charge in [0, 0.05) is 38.6 Å². The summed E-state index contributed by atoms with van der Waals surface area (Å²) >= 11 is 0. The largest absolute Gasteiger partial charge is 0.446 e. The van der Waals surface area contributed by atoms with Crippen molar-refractivity contribution in [3.8, 4) is 0 Å². The van der Waals surface area contributed by atoms with Gasteiger partial charge in [0.15, 0.2) is 0 Å². The standard InChI is InChI=1S/C14H21N5O2/c1-18-7-3-12(4-8-18)21-14(20)19-9-11(10-19)17-13-15-5-2-6-16-13/h2,5-6,11-12H,3-4,7-10H2,1H3,(H,15,16,17). The van der Waals surface area contributed by atoms with Crippen molar-refractivity contribution in [3.63, 3.8) is 0 Å². The van der Waals surface area contributed by atoms with Crippen LogP contribution in [0.3, 0.4) is 0 Å². The van der Waals surface area contributed by atoms with Gasteiger partial charge in [-0.15, -0.1) is 0 Å². The number of carbonyl (C=O) groups is 1. The van der Waals surface area contributed by atoms with Crippen LogP contribution in [0.1, 0.15) is 12.8 Å². The van der Waals surface area contributed by atoms with Gasteiger partial charge in [-0.05, 0) is 26.0 Å². The van der Waals surface area contributed by atoms with Gasteiger partial charge >= 0.3 is 6.09 Å². The minimum absolute atomic E-state index is 0.0677. The average Bonchev–Trinajstić information content (AvgIpc) is 2.46. The Morgan fingerprint density at radius 1 is 1.29 bits per heavy atom. The van der Waals surface area contributed by atoms with E-state index in [2.05, 4.69) is 27.2 Å². The SMILES string of the molecule is CN1CCC(OC(=O)N2CC(Nc3ncccn3)C2)CC1. The molecule has 2 saturated heterocycles. The van der Waals surface area contributed by atoms with Gasteiger partial charge in [-0.1, -0.05) is 0 Å². The zero-order valence-electron chi connectivity index (χ0n) is 12.2. The highest BCUT2D eigenvalue weighted by molar-refractivity contribution is 5.69. The van der Waals surface area contributed by atoms with Crippen LogP contribution in [0.5, 0.6) is 0 Å². The number of rotatable bonds is 3. The number of piperidine rings is 1. The topological polar surface area (TPSA) is 70.6 Å². The summed E-state index contributed by atoms with van der Waals surface area (Å²) in [5.41, 5.74) is 0. The van der Waals surface area contributed by atoms with E-state index in [1.807, 2.05) is 0 Å². The van der Waals surface area contributed by atoms with E-state index < -0.39 is 0 Å². The van der Waals surface area contributed by atoms with Crippen LogP contribution in [0, 0.1) is 0 Å². The molecule has 21 heavy (non-hydrogen) atoms. The predicted molar refractivity (Wildman–Crippen MR) is 78.0 cm³/mol. The van der Waals surface area contributed by atoms with Crippen LogP contribution in [0.15, 0.2) is 18.5 Å². The second-order valence-corrected chi connectivity index (χ2v) is 5.71. The van der Waals surface area contributed by atoms with Crippen LogP contribution < -0.4 is 5.32 Å². The van der Waals surface area contributed by atoms with Gasteiger partial charge in [0.2, 0.25) is 5.95 Å². The molecule has 7 heteroatoms. The first-order valence-electron chi connectivity index (χ1n) is 7.38. The maximum Gasteiger partial charge on any atom is 0.410 e. The van der Waals surface area contributed by atoms with Gasteiger partial charge in [0.25, 0.3) is 0 Å². The number of carbonyl (C=O) groups excluding carboxylic acids is 1. The first-order chi connectivity index (χ1) is 10.2. The van der Waals surface area contributed by atoms with Gasteiger partial charge in [-0.3, -0.25) is 0 Å². The number of hydrogen-bond acceptors (Lipinski definition) is 6. The second kappa shape index (κ2) is 6.26. The molecule has 0 aromatic carbocycles. The lowest BCUT2D eigenvalue weighted by molar-refractivity contribution is 0.0191. The second-order valence-electron chi connectivity index (χ2n) is 5.71. The first kappa shape index (κ1) is 14.1. The van der Waals surface area contributed by atoms with Crippen molar-refractivity contribution in [2.24, 2.45) is 0 Å². The molecule has 0 unspecified atom stereocenters. The molecule has 0 aliphatic carbocycles. The Balaban J connectivity index is 1.38. The highest BCUT2D eigenvalue weighted by Crippen LogP contribution is 2.17. The quantitative estimate of drug-likeness (QED) is 0.888. The van der Waals surface area contributed by atoms with Crippen molar-refractivity contribution in [2.75, 3.05) is 38.5 Å². The van der Waals surface area contributed by atoms with Crippen molar-refractivity contribution < 1.29 is 9.53 Å². The number of amides is 1. The summed E-state index contributed by atoms with van der Waals surface area (Å²) in [5.74, 6) is 0.603. The lowest BCUT2D eigenvalue weighted by Crippen LogP contribution is -2.57. The molecule has 2 aliphatic rings. The van der Waals surface area contributed by atoms with Gasteiger partial charge in [0.05, 0.1) is 6.04 Å². The molecule has 7 nitrogen and oxygen atoms in total. The third-order valence-corrected chi connectivity index (χ3v) is 3.97. The number of likely N-dealkylation sites (tertiary alicyclic amines) is 2. The van der Waals surface area contributed by atoms with E-state index in [0.29, 0.717) is 19.0 Å². The molecular weight excluding hydrogens is 270 g/mol. The summed E-state index contributed by atoms with van der Waals surface area (Å²) in [5, 5.41) is 3.19. The molecule has 2 aliphatic heterocycles. The molecule has 0 saturated carbocycles. The molecule has 1 amide bonds. The smallest absolute Gasteiger partial charge is 0.410 e. The lowest BCUT2D eigenvalue weighted by atomic mass is 10.1. The monoisotopic (exact) mass is 291 g/mol. The van der Waals surface area contributed by atoms with Crippen LogP contribution in [-0.2, 0) is 4.74 Å². The minimum atomic E-state index is -0.198. The number of nitrogens with one attached hydrogen (secondary N) is 1. The van der Waals surface area contributed by atoms with Crippen molar-refractivity contribution in [2.45, 2.75) is 25.0 Å². The van der Waals surface area contributed by atoms with E-state index in [0.717, 1.165) is 25.9 Å². The number of hydrogen-bond donors (Lipinski definition) is 1. The van der Waals surface area contributed by atoms with Crippen LogP contribution in [-0.4, -0.2) is 71.2 Å². The molecule has 3 rings (SSSR count). The van der Waals surface area contributed by atoms with Gasteiger partial charge in [-0.2, -0.15) is 0 Å². The van der Waals surface area contributed by atoms with Gasteiger partial charge < -0.3 is 19.9 Å². The Bertz CT molecular complexity index is 470. The molecule has 1 aromatic heterocycles. The van der Waals surface area contributed by atoms with Gasteiger partial charge in [0.1, 0.15) is 6.10 Å². The Kier molecular flexibility index (Phi) is 4.19. The summed E-state index contributed by atoms with van der Waals surface area (Å²) in [6, 6.07) is 1.98. The van der Waals surface area contributed by atoms with Crippen LogP contribution in [0.25, 0.3) is 0 Å². The summed E-state index contributed by atoms with van der Waals surface area (Å²) in [4.78, 5) is 24.2. The van der Waals surface area contributed by atoms with Crippen molar-refractivity contribution in [3.05, 3.63) is 18.5 Å². The molecule has 1 N–H and O–H groups in total. The normalized spacial score (nSPS) is 20.9. The van der Waals surface area contributed by atoms with E-state index in [9.17, 15) is 4.79 Å². The summed E-state index contributed by atoms with van der Waals surface area (Å²) in [6.45, 7) is 3.27. The number of ether oxygens (including phenoxy) is 1. The van der Waals surface area contributed by atoms with Crippen molar-refractivity contribution in [1.82, 2.24) is 19.8 Å². The van der Waals surface area contributed by atoms with E-state index >= 15 is 0 Å². The van der Waals surface area contributed by atoms with Crippen LogP contribution in [0.2, 0.25) is 0 Å². The number of anilines is 1. The molecule has 0 spiro atoms. The zero-order chi connectivity index (χ0) is 14.7. The Hall–Kier alpha value is -1.89. The van der Waals surface area contributed by atoms with Crippen LogP contribution >= 0.6 is 0 Å². The summed E-state index contributed by atoms with van der Waals surface area (Å²) in [7, 11) is 2.09. The van der Waals surface area contributed by atoms with Gasteiger partial charge in [-0.25, -0.2) is 14.8 Å². The third kappa shape index (κ3) is 3.60. The molecule has 0 bridgehead atoms. The number of aromatic nitrogens is 2. The molecule has 3 heterocycles. The maximum absolute atomic E-state index is 12.0. The van der Waals surface area contributed by atoms with Crippen molar-refractivity contribution >= 4 is 12.0 Å². The Morgan fingerprint density at radius 2 is 1.95 bits per heavy atom. The predicted octanol–water partition coefficient (Wildman–Crippen LogP) is 0.803. The van der Waals surface area contributed by atoms with Crippen LogP contribution in [0.4, 0.5) is 10.7 Å². The molecule has 114 valence electrons. The van der Waals surface area contributed by atoms with E-state index in [1.165, 1.54) is 0 Å². The zero-order valence-corrected chi connectivity index (χ0v) is 12.2. The Labute approximate surface area is 124 Å². The highest BCUT2D eigenvalue weighted by Gasteiger charge is 2.33. The third-order valence-electron chi connectivity index (χ3n) is 3.97. The lowest BCUT2D eigenvalue weighted by Gasteiger charge is -2.39. The first-order valence-corrected chi connectivity index (χ1v) is 7.38. The fraction of sp³-hybridized carbons (Fsp3) is 0.643. The maximum atomic E-state index is 12.0.